The van der Waals surface area contributed by atoms with Crippen LogP contribution in [0.3, 0.4) is 0 Å². The number of nitrogens with two attached hydrogens (primary N) is 1. The van der Waals surface area contributed by atoms with Crippen molar-refractivity contribution < 1.29 is 4.79 Å². The van der Waals surface area contributed by atoms with E-state index in [1.165, 1.54) is 0 Å². The number of amides is 1. The summed E-state index contributed by atoms with van der Waals surface area (Å²) < 4.78 is 0. The summed E-state index contributed by atoms with van der Waals surface area (Å²) in [7, 11) is 0. The molecule has 0 atom stereocenters. The summed E-state index contributed by atoms with van der Waals surface area (Å²) in [4.78, 5) is 11.4. The minimum Gasteiger partial charge on any atom is -0.355 e. The van der Waals surface area contributed by atoms with E-state index < -0.39 is 0 Å². The van der Waals surface area contributed by atoms with Crippen LogP contribution in [0, 0.1) is 11.8 Å². The second-order valence-electron chi connectivity index (χ2n) is 3.92. The van der Waals surface area contributed by atoms with E-state index in [2.05, 4.69) is 17.2 Å². The molecule has 0 aromatic carbocycles. The van der Waals surface area contributed by atoms with E-state index in [0.717, 1.165) is 25.7 Å². The van der Waals surface area contributed by atoms with Gasteiger partial charge in [-0.05, 0) is 26.2 Å². The molecule has 1 rings (SSSR count). The molecule has 3 heteroatoms. The van der Waals surface area contributed by atoms with Gasteiger partial charge in [0.2, 0.25) is 5.91 Å². The van der Waals surface area contributed by atoms with Gasteiger partial charge in [0.25, 0.3) is 0 Å². The first-order valence-electron chi connectivity index (χ1n) is 5.11. The van der Waals surface area contributed by atoms with E-state index in [0.29, 0.717) is 13.0 Å². The van der Waals surface area contributed by atoms with Crippen LogP contribution in [0.5, 0.6) is 0 Å². The Labute approximate surface area is 85.4 Å². The number of carbonyl (C=O) groups is 1. The topological polar surface area (TPSA) is 55.1 Å². The van der Waals surface area contributed by atoms with Crippen molar-refractivity contribution in [3.63, 3.8) is 0 Å². The predicted molar refractivity (Wildman–Crippen MR) is 56.5 cm³/mol. The van der Waals surface area contributed by atoms with Crippen LogP contribution >= 0.6 is 0 Å². The van der Waals surface area contributed by atoms with Crippen molar-refractivity contribution in [2.24, 2.45) is 5.73 Å². The Morgan fingerprint density at radius 1 is 1.57 bits per heavy atom. The van der Waals surface area contributed by atoms with Crippen LogP contribution in [0.15, 0.2) is 0 Å². The lowest BCUT2D eigenvalue weighted by molar-refractivity contribution is -0.122. The van der Waals surface area contributed by atoms with Gasteiger partial charge in [-0.15, -0.1) is 11.8 Å². The zero-order valence-electron chi connectivity index (χ0n) is 8.73. The molecule has 14 heavy (non-hydrogen) atoms. The Morgan fingerprint density at radius 3 is 2.79 bits per heavy atom. The molecule has 1 saturated carbocycles. The number of carbonyl (C=O) groups excluding carboxylic acids is 1. The van der Waals surface area contributed by atoms with Crippen LogP contribution in [0.1, 0.15) is 39.0 Å². The van der Waals surface area contributed by atoms with E-state index in [1.807, 2.05) is 0 Å². The van der Waals surface area contributed by atoms with Crippen molar-refractivity contribution in [1.82, 2.24) is 5.32 Å². The molecule has 1 fully saturated rings. The van der Waals surface area contributed by atoms with E-state index in [-0.39, 0.29) is 11.4 Å². The Hall–Kier alpha value is -1.01. The monoisotopic (exact) mass is 194 g/mol. The van der Waals surface area contributed by atoms with Gasteiger partial charge in [0.15, 0.2) is 0 Å². The molecule has 0 aromatic heterocycles. The molecule has 0 radical (unpaired) electrons. The minimum atomic E-state index is -0.208. The lowest BCUT2D eigenvalue weighted by Crippen LogP contribution is -2.50. The average molecular weight is 194 g/mol. The molecule has 1 aliphatic carbocycles. The molecule has 1 aliphatic rings. The molecular weight excluding hydrogens is 176 g/mol. The highest BCUT2D eigenvalue weighted by atomic mass is 16.1. The summed E-state index contributed by atoms with van der Waals surface area (Å²) in [5, 5.41) is 2.82. The van der Waals surface area contributed by atoms with Gasteiger partial charge in [-0.25, -0.2) is 0 Å². The molecular formula is C11H18N2O. The maximum atomic E-state index is 11.4. The summed E-state index contributed by atoms with van der Waals surface area (Å²) in [6, 6.07) is 0. The van der Waals surface area contributed by atoms with Gasteiger partial charge in [-0.2, -0.15) is 0 Å². The molecule has 0 aromatic rings. The van der Waals surface area contributed by atoms with Gasteiger partial charge in [0.05, 0.1) is 0 Å². The third-order valence-electron chi connectivity index (χ3n) is 2.61. The highest BCUT2D eigenvalue weighted by Crippen LogP contribution is 2.31. The van der Waals surface area contributed by atoms with E-state index in [4.69, 9.17) is 5.73 Å². The highest BCUT2D eigenvalue weighted by molar-refractivity contribution is 5.77. The average Bonchev–Trinajstić information content (AvgIpc) is 2.10. The molecule has 78 valence electrons. The van der Waals surface area contributed by atoms with E-state index >= 15 is 0 Å². The van der Waals surface area contributed by atoms with Crippen LogP contribution in [0.25, 0.3) is 0 Å². The zero-order valence-corrected chi connectivity index (χ0v) is 8.73. The third-order valence-corrected chi connectivity index (χ3v) is 2.61. The maximum absolute atomic E-state index is 11.4. The number of hydrogen-bond acceptors (Lipinski definition) is 2. The molecule has 0 bridgehead atoms. The largest absolute Gasteiger partial charge is 0.355 e. The standard InChI is InChI=1S/C11H18N2O/c1-2-3-4-8-13-10(14)9-11(12)6-5-7-11/h4-9,12H2,1H3,(H,13,14). The van der Waals surface area contributed by atoms with Crippen molar-refractivity contribution in [1.29, 1.82) is 0 Å². The molecule has 0 spiro atoms. The first-order chi connectivity index (χ1) is 6.66. The van der Waals surface area contributed by atoms with Gasteiger partial charge in [0.1, 0.15) is 0 Å². The summed E-state index contributed by atoms with van der Waals surface area (Å²) >= 11 is 0. The van der Waals surface area contributed by atoms with E-state index in [9.17, 15) is 4.79 Å². The normalized spacial score (nSPS) is 17.6. The van der Waals surface area contributed by atoms with Crippen molar-refractivity contribution >= 4 is 5.91 Å². The van der Waals surface area contributed by atoms with Crippen LogP contribution in [-0.2, 0) is 4.79 Å². The fraction of sp³-hybridized carbons (Fsp3) is 0.727. The summed E-state index contributed by atoms with van der Waals surface area (Å²) in [5.41, 5.74) is 5.74. The van der Waals surface area contributed by atoms with Crippen molar-refractivity contribution in [3.8, 4) is 11.8 Å². The smallest absolute Gasteiger partial charge is 0.221 e. The number of nitrogens with one attached hydrogen (secondary N) is 1. The van der Waals surface area contributed by atoms with Crippen molar-refractivity contribution in [3.05, 3.63) is 0 Å². The van der Waals surface area contributed by atoms with Crippen LogP contribution < -0.4 is 11.1 Å². The zero-order chi connectivity index (χ0) is 10.4. The van der Waals surface area contributed by atoms with Gasteiger partial charge in [0, 0.05) is 24.9 Å². The van der Waals surface area contributed by atoms with Crippen LogP contribution in [-0.4, -0.2) is 18.0 Å². The quantitative estimate of drug-likeness (QED) is 0.513. The van der Waals surface area contributed by atoms with Gasteiger partial charge >= 0.3 is 0 Å². The maximum Gasteiger partial charge on any atom is 0.221 e. The first kappa shape index (κ1) is 11.1. The SMILES string of the molecule is CC#CCCNC(=O)CC1(N)CCC1. The molecule has 0 unspecified atom stereocenters. The number of hydrogen-bond donors (Lipinski definition) is 2. The Balaban J connectivity index is 2.11. The third kappa shape index (κ3) is 3.39. The fourth-order valence-electron chi connectivity index (χ4n) is 1.58. The summed E-state index contributed by atoms with van der Waals surface area (Å²) in [6.45, 7) is 2.43. The second-order valence-corrected chi connectivity index (χ2v) is 3.92. The lowest BCUT2D eigenvalue weighted by atomic mass is 9.75. The predicted octanol–water partition coefficient (Wildman–Crippen LogP) is 0.787. The Bertz CT molecular complexity index is 258. The lowest BCUT2D eigenvalue weighted by Gasteiger charge is -2.37. The Kier molecular flexibility index (Phi) is 3.97. The van der Waals surface area contributed by atoms with Crippen molar-refractivity contribution in [2.75, 3.05) is 6.54 Å². The van der Waals surface area contributed by atoms with Gasteiger partial charge in [-0.1, -0.05) is 0 Å². The molecule has 0 aliphatic heterocycles. The Morgan fingerprint density at radius 2 is 2.29 bits per heavy atom. The number of rotatable bonds is 4. The van der Waals surface area contributed by atoms with E-state index in [1.54, 1.807) is 6.92 Å². The molecule has 0 heterocycles. The molecule has 1 amide bonds. The molecule has 3 N–H and O–H groups in total. The summed E-state index contributed by atoms with van der Waals surface area (Å²) in [6.07, 6.45) is 4.31. The van der Waals surface area contributed by atoms with Gasteiger partial charge < -0.3 is 11.1 Å². The summed E-state index contributed by atoms with van der Waals surface area (Å²) in [5.74, 6) is 5.74. The fourth-order valence-corrected chi connectivity index (χ4v) is 1.58. The van der Waals surface area contributed by atoms with Crippen LogP contribution in [0.2, 0.25) is 0 Å². The van der Waals surface area contributed by atoms with Crippen molar-refractivity contribution in [2.45, 2.75) is 44.6 Å². The molecule has 3 nitrogen and oxygen atoms in total. The first-order valence-corrected chi connectivity index (χ1v) is 5.11. The minimum absolute atomic E-state index is 0.0603. The highest BCUT2D eigenvalue weighted by Gasteiger charge is 2.34. The van der Waals surface area contributed by atoms with Crippen LogP contribution in [0.4, 0.5) is 0 Å². The molecule has 0 saturated heterocycles. The second kappa shape index (κ2) is 5.02. The van der Waals surface area contributed by atoms with Gasteiger partial charge in [-0.3, -0.25) is 4.79 Å².